The van der Waals surface area contributed by atoms with Gasteiger partial charge in [0.05, 0.1) is 4.90 Å². The summed E-state index contributed by atoms with van der Waals surface area (Å²) < 4.78 is 28.3. The molecule has 1 heterocycles. The van der Waals surface area contributed by atoms with Crippen molar-refractivity contribution < 1.29 is 8.42 Å². The highest BCUT2D eigenvalue weighted by molar-refractivity contribution is 7.89. The van der Waals surface area contributed by atoms with Gasteiger partial charge < -0.3 is 5.32 Å². The van der Waals surface area contributed by atoms with Gasteiger partial charge in [0.15, 0.2) is 0 Å². The summed E-state index contributed by atoms with van der Waals surface area (Å²) >= 11 is 0. The van der Waals surface area contributed by atoms with Gasteiger partial charge in [0, 0.05) is 6.04 Å². The SMILES string of the molecule is CC(NS(=O)(=O)c1cccc(-c2ccccc2)c1)C1CCCNC1. The average molecular weight is 344 g/mol. The van der Waals surface area contributed by atoms with Crippen LogP contribution in [0.2, 0.25) is 0 Å². The molecule has 2 aromatic rings. The van der Waals surface area contributed by atoms with Crippen LogP contribution in [0.5, 0.6) is 0 Å². The molecule has 1 fully saturated rings. The van der Waals surface area contributed by atoms with Crippen molar-refractivity contribution in [1.82, 2.24) is 10.0 Å². The van der Waals surface area contributed by atoms with E-state index in [0.717, 1.165) is 37.1 Å². The summed E-state index contributed by atoms with van der Waals surface area (Å²) in [5, 5.41) is 3.34. The summed E-state index contributed by atoms with van der Waals surface area (Å²) in [6, 6.07) is 16.9. The van der Waals surface area contributed by atoms with Crippen LogP contribution < -0.4 is 10.0 Å². The molecule has 4 nitrogen and oxygen atoms in total. The molecule has 2 aromatic carbocycles. The minimum atomic E-state index is -3.52. The third-order valence-electron chi connectivity index (χ3n) is 4.63. The molecule has 0 aliphatic carbocycles. The van der Waals surface area contributed by atoms with Crippen LogP contribution in [-0.2, 0) is 10.0 Å². The molecule has 1 aliphatic heterocycles. The minimum absolute atomic E-state index is 0.0804. The standard InChI is InChI=1S/C19H24N2O2S/c1-15(18-10-6-12-20-14-18)21-24(22,23)19-11-5-9-17(13-19)16-7-3-2-4-8-16/h2-5,7-9,11,13,15,18,20-21H,6,10,12,14H2,1H3. The Morgan fingerprint density at radius 2 is 1.83 bits per heavy atom. The topological polar surface area (TPSA) is 58.2 Å². The van der Waals surface area contributed by atoms with E-state index in [1.54, 1.807) is 18.2 Å². The van der Waals surface area contributed by atoms with Crippen molar-refractivity contribution in [2.24, 2.45) is 5.92 Å². The van der Waals surface area contributed by atoms with Crippen LogP contribution in [0.4, 0.5) is 0 Å². The Labute approximate surface area is 144 Å². The molecule has 5 heteroatoms. The maximum atomic E-state index is 12.7. The fourth-order valence-corrected chi connectivity index (χ4v) is 4.55. The third-order valence-corrected chi connectivity index (χ3v) is 6.19. The lowest BCUT2D eigenvalue weighted by Gasteiger charge is -2.28. The number of nitrogens with one attached hydrogen (secondary N) is 2. The van der Waals surface area contributed by atoms with Crippen LogP contribution in [0.3, 0.4) is 0 Å². The van der Waals surface area contributed by atoms with Gasteiger partial charge in [-0.25, -0.2) is 13.1 Å². The molecule has 0 bridgehead atoms. The molecular formula is C19H24N2O2S. The van der Waals surface area contributed by atoms with Crippen LogP contribution in [-0.4, -0.2) is 27.5 Å². The molecule has 128 valence electrons. The van der Waals surface area contributed by atoms with E-state index in [1.165, 1.54) is 0 Å². The Morgan fingerprint density at radius 3 is 2.54 bits per heavy atom. The molecule has 2 unspecified atom stereocenters. The molecule has 2 N–H and O–H groups in total. The molecule has 0 spiro atoms. The molecule has 2 atom stereocenters. The van der Waals surface area contributed by atoms with Crippen molar-refractivity contribution in [3.8, 4) is 11.1 Å². The third kappa shape index (κ3) is 4.04. The second-order valence-corrected chi connectivity index (χ2v) is 8.12. The van der Waals surface area contributed by atoms with E-state index in [4.69, 9.17) is 0 Å². The van der Waals surface area contributed by atoms with Crippen LogP contribution in [0.25, 0.3) is 11.1 Å². The number of benzene rings is 2. The number of rotatable bonds is 5. The van der Waals surface area contributed by atoms with E-state index in [9.17, 15) is 8.42 Å². The van der Waals surface area contributed by atoms with Gasteiger partial charge in [-0.2, -0.15) is 0 Å². The zero-order valence-corrected chi connectivity index (χ0v) is 14.7. The quantitative estimate of drug-likeness (QED) is 0.876. The van der Waals surface area contributed by atoms with Gasteiger partial charge in [-0.05, 0) is 62.0 Å². The van der Waals surface area contributed by atoms with E-state index in [1.807, 2.05) is 43.3 Å². The Hall–Kier alpha value is -1.69. The molecule has 0 amide bonds. The summed E-state index contributed by atoms with van der Waals surface area (Å²) in [5.41, 5.74) is 1.92. The van der Waals surface area contributed by atoms with Crippen molar-refractivity contribution >= 4 is 10.0 Å². The predicted molar refractivity (Wildman–Crippen MR) is 97.3 cm³/mol. The maximum Gasteiger partial charge on any atom is 0.240 e. The molecule has 0 radical (unpaired) electrons. The first-order chi connectivity index (χ1) is 11.6. The predicted octanol–water partition coefficient (Wildman–Crippen LogP) is 3.02. The highest BCUT2D eigenvalue weighted by Crippen LogP contribution is 2.23. The molecule has 1 aliphatic rings. The fourth-order valence-electron chi connectivity index (χ4n) is 3.19. The minimum Gasteiger partial charge on any atom is -0.316 e. The first kappa shape index (κ1) is 17.1. The van der Waals surface area contributed by atoms with E-state index in [2.05, 4.69) is 10.0 Å². The largest absolute Gasteiger partial charge is 0.316 e. The van der Waals surface area contributed by atoms with Crippen molar-refractivity contribution in [3.05, 3.63) is 54.6 Å². The first-order valence-electron chi connectivity index (χ1n) is 8.45. The van der Waals surface area contributed by atoms with Gasteiger partial charge in [-0.1, -0.05) is 42.5 Å². The number of piperidine rings is 1. The van der Waals surface area contributed by atoms with E-state index in [-0.39, 0.29) is 6.04 Å². The van der Waals surface area contributed by atoms with Gasteiger partial charge in [0.1, 0.15) is 0 Å². The van der Waals surface area contributed by atoms with Gasteiger partial charge in [0.25, 0.3) is 0 Å². The zero-order valence-electron chi connectivity index (χ0n) is 13.9. The zero-order chi connectivity index (χ0) is 17.0. The normalized spacial score (nSPS) is 19.8. The second-order valence-electron chi connectivity index (χ2n) is 6.41. The number of hydrogen-bond donors (Lipinski definition) is 2. The summed E-state index contributed by atoms with van der Waals surface area (Å²) in [7, 11) is -3.52. The lowest BCUT2D eigenvalue weighted by atomic mass is 9.94. The molecule has 24 heavy (non-hydrogen) atoms. The van der Waals surface area contributed by atoms with Crippen molar-refractivity contribution in [1.29, 1.82) is 0 Å². The van der Waals surface area contributed by atoms with Gasteiger partial charge in [-0.3, -0.25) is 0 Å². The Kier molecular flexibility index (Phi) is 5.33. The Morgan fingerprint density at radius 1 is 1.08 bits per heavy atom. The monoisotopic (exact) mass is 344 g/mol. The molecular weight excluding hydrogens is 320 g/mol. The molecule has 0 aromatic heterocycles. The fraction of sp³-hybridized carbons (Fsp3) is 0.368. The Balaban J connectivity index is 1.79. The lowest BCUT2D eigenvalue weighted by molar-refractivity contribution is 0.320. The molecule has 0 saturated carbocycles. The van der Waals surface area contributed by atoms with E-state index in [0.29, 0.717) is 10.8 Å². The second kappa shape index (κ2) is 7.47. The van der Waals surface area contributed by atoms with Gasteiger partial charge in [-0.15, -0.1) is 0 Å². The summed E-state index contributed by atoms with van der Waals surface area (Å²) in [4.78, 5) is 0.319. The van der Waals surface area contributed by atoms with E-state index >= 15 is 0 Å². The van der Waals surface area contributed by atoms with E-state index < -0.39 is 10.0 Å². The number of sulfonamides is 1. The highest BCUT2D eigenvalue weighted by atomic mass is 32.2. The summed E-state index contributed by atoms with van der Waals surface area (Å²) in [6.45, 7) is 3.85. The smallest absolute Gasteiger partial charge is 0.240 e. The van der Waals surface area contributed by atoms with Crippen molar-refractivity contribution in [2.75, 3.05) is 13.1 Å². The van der Waals surface area contributed by atoms with Gasteiger partial charge in [0.2, 0.25) is 10.0 Å². The Bertz CT molecular complexity index is 769. The van der Waals surface area contributed by atoms with Crippen LogP contribution in [0, 0.1) is 5.92 Å². The van der Waals surface area contributed by atoms with Crippen LogP contribution >= 0.6 is 0 Å². The maximum absolute atomic E-state index is 12.7. The lowest BCUT2D eigenvalue weighted by Crippen LogP contribution is -2.44. The van der Waals surface area contributed by atoms with Crippen LogP contribution in [0.1, 0.15) is 19.8 Å². The van der Waals surface area contributed by atoms with Gasteiger partial charge >= 0.3 is 0 Å². The highest BCUT2D eigenvalue weighted by Gasteiger charge is 2.25. The summed E-state index contributed by atoms with van der Waals surface area (Å²) in [5.74, 6) is 0.339. The average Bonchev–Trinajstić information content (AvgIpc) is 2.63. The summed E-state index contributed by atoms with van der Waals surface area (Å²) in [6.07, 6.45) is 2.15. The van der Waals surface area contributed by atoms with Crippen molar-refractivity contribution in [3.63, 3.8) is 0 Å². The first-order valence-corrected chi connectivity index (χ1v) is 9.93. The molecule has 3 rings (SSSR count). The number of hydrogen-bond acceptors (Lipinski definition) is 3. The van der Waals surface area contributed by atoms with Crippen LogP contribution in [0.15, 0.2) is 59.5 Å². The molecule has 1 saturated heterocycles. The van der Waals surface area contributed by atoms with Crippen molar-refractivity contribution in [2.45, 2.75) is 30.7 Å².